The van der Waals surface area contributed by atoms with E-state index in [1.54, 1.807) is 0 Å². The molecular formula is C16H22F2N4. The summed E-state index contributed by atoms with van der Waals surface area (Å²) in [6.07, 6.45) is 3.34. The van der Waals surface area contributed by atoms with Crippen LogP contribution in [0, 0.1) is 6.92 Å². The molecule has 3 rings (SSSR count). The third-order valence-electron chi connectivity index (χ3n) is 4.32. The number of aryl methyl sites for hydroxylation is 1. The summed E-state index contributed by atoms with van der Waals surface area (Å²) in [6, 6.07) is 6.20. The molecule has 22 heavy (non-hydrogen) atoms. The maximum absolute atomic E-state index is 13.4. The first-order chi connectivity index (χ1) is 10.4. The number of nitrogens with zero attached hydrogens (tertiary/aromatic N) is 2. The van der Waals surface area contributed by atoms with Gasteiger partial charge in [0.05, 0.1) is 0 Å². The van der Waals surface area contributed by atoms with Gasteiger partial charge in [0.15, 0.2) is 6.29 Å². The van der Waals surface area contributed by atoms with Crippen LogP contribution in [0.25, 0.3) is 0 Å². The Kier molecular flexibility index (Phi) is 3.95. The van der Waals surface area contributed by atoms with E-state index in [0.29, 0.717) is 19.6 Å². The van der Waals surface area contributed by atoms with E-state index in [2.05, 4.69) is 28.4 Å². The third-order valence-corrected chi connectivity index (χ3v) is 4.32. The predicted octanol–water partition coefficient (Wildman–Crippen LogP) is 2.35. The predicted molar refractivity (Wildman–Crippen MR) is 83.4 cm³/mol. The molecule has 1 aromatic carbocycles. The highest BCUT2D eigenvalue weighted by molar-refractivity contribution is 5.56. The van der Waals surface area contributed by atoms with Crippen molar-refractivity contribution < 1.29 is 8.78 Å². The average molecular weight is 308 g/mol. The van der Waals surface area contributed by atoms with Gasteiger partial charge in [-0.2, -0.15) is 0 Å². The summed E-state index contributed by atoms with van der Waals surface area (Å²) in [5, 5.41) is 3.02. The molecule has 0 bridgehead atoms. The van der Waals surface area contributed by atoms with Gasteiger partial charge in [-0.15, -0.1) is 0 Å². The number of benzene rings is 1. The summed E-state index contributed by atoms with van der Waals surface area (Å²) in [6.45, 7) is 3.47. The van der Waals surface area contributed by atoms with Gasteiger partial charge < -0.3 is 15.1 Å². The second kappa shape index (κ2) is 5.76. The standard InChI is InChI=1S/C16H22F2N4/c1-12-2-3-13(11-22-9-6-20-15(22)19)14(10-12)21-7-4-16(17,18)5-8-21/h2-3,6,9-10,15,20H,4-5,7-8,11,19H2,1H3. The lowest BCUT2D eigenvalue weighted by Crippen LogP contribution is -2.43. The van der Waals surface area contributed by atoms with Crippen molar-refractivity contribution in [3.8, 4) is 0 Å². The Morgan fingerprint density at radius 3 is 2.68 bits per heavy atom. The molecule has 1 atom stereocenters. The van der Waals surface area contributed by atoms with Crippen LogP contribution in [-0.4, -0.2) is 30.2 Å². The number of alkyl halides is 2. The van der Waals surface area contributed by atoms with Crippen LogP contribution in [-0.2, 0) is 6.54 Å². The minimum atomic E-state index is -2.52. The zero-order valence-corrected chi connectivity index (χ0v) is 12.7. The lowest BCUT2D eigenvalue weighted by atomic mass is 10.0. The molecule has 1 fully saturated rings. The monoisotopic (exact) mass is 308 g/mol. The van der Waals surface area contributed by atoms with Gasteiger partial charge in [0.25, 0.3) is 5.92 Å². The zero-order chi connectivity index (χ0) is 15.7. The maximum Gasteiger partial charge on any atom is 0.251 e. The summed E-state index contributed by atoms with van der Waals surface area (Å²) in [7, 11) is 0. The molecule has 120 valence electrons. The first-order valence-corrected chi connectivity index (χ1v) is 7.61. The SMILES string of the molecule is Cc1ccc(CN2C=CNC2N)c(N2CCC(F)(F)CC2)c1. The van der Waals surface area contributed by atoms with Crippen LogP contribution in [0.15, 0.2) is 30.6 Å². The molecule has 0 spiro atoms. The molecule has 2 aliphatic heterocycles. The van der Waals surface area contributed by atoms with Crippen molar-refractivity contribution in [1.29, 1.82) is 0 Å². The van der Waals surface area contributed by atoms with Crippen molar-refractivity contribution >= 4 is 5.69 Å². The molecule has 2 heterocycles. The van der Waals surface area contributed by atoms with E-state index in [1.165, 1.54) is 0 Å². The minimum Gasteiger partial charge on any atom is -0.371 e. The number of halogens is 2. The Morgan fingerprint density at radius 2 is 2.05 bits per heavy atom. The van der Waals surface area contributed by atoms with Crippen LogP contribution in [0.4, 0.5) is 14.5 Å². The van der Waals surface area contributed by atoms with E-state index in [-0.39, 0.29) is 19.1 Å². The van der Waals surface area contributed by atoms with Crippen molar-refractivity contribution in [3.63, 3.8) is 0 Å². The van der Waals surface area contributed by atoms with Crippen molar-refractivity contribution in [2.75, 3.05) is 18.0 Å². The van der Waals surface area contributed by atoms with E-state index in [0.717, 1.165) is 16.8 Å². The van der Waals surface area contributed by atoms with Gasteiger partial charge in [-0.3, -0.25) is 5.73 Å². The Balaban J connectivity index is 1.80. The number of hydrogen-bond acceptors (Lipinski definition) is 4. The zero-order valence-electron chi connectivity index (χ0n) is 12.7. The van der Waals surface area contributed by atoms with E-state index in [4.69, 9.17) is 5.73 Å². The average Bonchev–Trinajstić information content (AvgIpc) is 2.86. The van der Waals surface area contributed by atoms with E-state index >= 15 is 0 Å². The second-order valence-corrected chi connectivity index (χ2v) is 6.07. The fourth-order valence-electron chi connectivity index (χ4n) is 2.95. The molecule has 0 amide bonds. The Morgan fingerprint density at radius 1 is 1.32 bits per heavy atom. The Labute approximate surface area is 129 Å². The number of nitrogens with one attached hydrogen (secondary N) is 1. The summed E-state index contributed by atoms with van der Waals surface area (Å²) in [5.74, 6) is -2.52. The van der Waals surface area contributed by atoms with Crippen molar-refractivity contribution in [2.45, 2.75) is 38.5 Å². The lowest BCUT2D eigenvalue weighted by molar-refractivity contribution is -0.0220. The smallest absolute Gasteiger partial charge is 0.251 e. The van der Waals surface area contributed by atoms with Gasteiger partial charge in [0.2, 0.25) is 0 Å². The van der Waals surface area contributed by atoms with Gasteiger partial charge in [-0.1, -0.05) is 12.1 Å². The molecule has 1 unspecified atom stereocenters. The van der Waals surface area contributed by atoms with Crippen LogP contribution in [0.5, 0.6) is 0 Å². The molecule has 0 aliphatic carbocycles. The van der Waals surface area contributed by atoms with E-state index in [1.807, 2.05) is 24.2 Å². The quantitative estimate of drug-likeness (QED) is 0.900. The fourth-order valence-corrected chi connectivity index (χ4v) is 2.95. The fraction of sp³-hybridized carbons (Fsp3) is 0.500. The maximum atomic E-state index is 13.4. The highest BCUT2D eigenvalue weighted by Gasteiger charge is 2.34. The first kappa shape index (κ1) is 15.1. The number of nitrogens with two attached hydrogens (primary N) is 1. The van der Waals surface area contributed by atoms with Crippen LogP contribution in [0.2, 0.25) is 0 Å². The molecule has 2 aliphatic rings. The highest BCUT2D eigenvalue weighted by atomic mass is 19.3. The van der Waals surface area contributed by atoms with Crippen LogP contribution in [0.1, 0.15) is 24.0 Å². The molecule has 0 aromatic heterocycles. The minimum absolute atomic E-state index is 0.0783. The molecule has 1 saturated heterocycles. The molecule has 1 aromatic rings. The van der Waals surface area contributed by atoms with Crippen molar-refractivity contribution in [1.82, 2.24) is 10.2 Å². The number of piperidine rings is 1. The number of rotatable bonds is 3. The van der Waals surface area contributed by atoms with E-state index < -0.39 is 5.92 Å². The van der Waals surface area contributed by atoms with Crippen LogP contribution in [0.3, 0.4) is 0 Å². The van der Waals surface area contributed by atoms with Crippen molar-refractivity contribution in [3.05, 3.63) is 41.7 Å². The topological polar surface area (TPSA) is 44.5 Å². The summed E-state index contributed by atoms with van der Waals surface area (Å²) in [4.78, 5) is 4.06. The first-order valence-electron chi connectivity index (χ1n) is 7.61. The molecule has 0 saturated carbocycles. The van der Waals surface area contributed by atoms with Gasteiger partial charge in [0.1, 0.15) is 0 Å². The number of anilines is 1. The van der Waals surface area contributed by atoms with Crippen molar-refractivity contribution in [2.24, 2.45) is 5.73 Å². The van der Waals surface area contributed by atoms with Gasteiger partial charge >= 0.3 is 0 Å². The van der Waals surface area contributed by atoms with Gasteiger partial charge in [0, 0.05) is 50.6 Å². The normalized spacial score (nSPS) is 23.7. The third kappa shape index (κ3) is 3.16. The highest BCUT2D eigenvalue weighted by Crippen LogP contribution is 2.33. The summed E-state index contributed by atoms with van der Waals surface area (Å²) < 4.78 is 26.8. The second-order valence-electron chi connectivity index (χ2n) is 6.07. The van der Waals surface area contributed by atoms with Crippen LogP contribution >= 0.6 is 0 Å². The Bertz CT molecular complexity index is 563. The van der Waals surface area contributed by atoms with Gasteiger partial charge in [-0.25, -0.2) is 8.78 Å². The summed E-state index contributed by atoms with van der Waals surface area (Å²) in [5.41, 5.74) is 9.25. The molecular weight excluding hydrogens is 286 g/mol. The van der Waals surface area contributed by atoms with E-state index in [9.17, 15) is 8.78 Å². The molecule has 4 nitrogen and oxygen atoms in total. The molecule has 3 N–H and O–H groups in total. The lowest BCUT2D eigenvalue weighted by Gasteiger charge is -2.35. The van der Waals surface area contributed by atoms with Crippen LogP contribution < -0.4 is 16.0 Å². The Hall–Kier alpha value is -1.82. The van der Waals surface area contributed by atoms with Gasteiger partial charge in [-0.05, 0) is 24.1 Å². The number of hydrogen-bond donors (Lipinski definition) is 2. The molecule has 6 heteroatoms. The molecule has 0 radical (unpaired) electrons. The summed E-state index contributed by atoms with van der Waals surface area (Å²) >= 11 is 0. The largest absolute Gasteiger partial charge is 0.371 e.